The number of fused-ring (bicyclic) bond motifs is 1. The number of nitrogens with one attached hydrogen (secondary N) is 1. The highest BCUT2D eigenvalue weighted by Gasteiger charge is 2.31. The number of para-hydroxylation sites is 1. The molecule has 0 fully saturated rings. The van der Waals surface area contributed by atoms with E-state index in [2.05, 4.69) is 5.32 Å². The Hall–Kier alpha value is -4.14. The Kier molecular flexibility index (Phi) is 10.7. The molecule has 1 heterocycles. The van der Waals surface area contributed by atoms with Gasteiger partial charge in [0.25, 0.3) is 0 Å². The SMILES string of the molecule is COC(=O)[C@@H](CC(=O)C(CC(C)C)NC(=O)OCc1ccccc1)Cc1cn(C(=O)OC(C)(C)C)c2ccccc12. The molecular weight excluding hydrogens is 524 g/mol. The van der Waals surface area contributed by atoms with Crippen molar-refractivity contribution in [2.24, 2.45) is 11.8 Å². The summed E-state index contributed by atoms with van der Waals surface area (Å²) >= 11 is 0. The van der Waals surface area contributed by atoms with Crippen molar-refractivity contribution < 1.29 is 33.4 Å². The van der Waals surface area contributed by atoms with E-state index in [9.17, 15) is 19.2 Å². The fourth-order valence-electron chi connectivity index (χ4n) is 4.58. The van der Waals surface area contributed by atoms with Crippen molar-refractivity contribution in [1.29, 1.82) is 0 Å². The van der Waals surface area contributed by atoms with Crippen LogP contribution in [0.5, 0.6) is 0 Å². The largest absolute Gasteiger partial charge is 0.469 e. The molecule has 2 atom stereocenters. The van der Waals surface area contributed by atoms with Crippen molar-refractivity contribution in [3.8, 4) is 0 Å². The summed E-state index contributed by atoms with van der Waals surface area (Å²) in [6.45, 7) is 9.32. The highest BCUT2D eigenvalue weighted by molar-refractivity contribution is 5.93. The second-order valence-electron chi connectivity index (χ2n) is 11.5. The number of esters is 1. The monoisotopic (exact) mass is 564 g/mol. The first-order valence-corrected chi connectivity index (χ1v) is 13.8. The number of aromatic nitrogens is 1. The van der Waals surface area contributed by atoms with Crippen molar-refractivity contribution in [3.63, 3.8) is 0 Å². The third-order valence-electron chi connectivity index (χ3n) is 6.43. The van der Waals surface area contributed by atoms with Crippen LogP contribution in [0.15, 0.2) is 60.8 Å². The molecule has 0 aliphatic carbocycles. The molecule has 41 heavy (non-hydrogen) atoms. The molecule has 2 aromatic carbocycles. The van der Waals surface area contributed by atoms with Gasteiger partial charge < -0.3 is 19.5 Å². The topological polar surface area (TPSA) is 113 Å². The van der Waals surface area contributed by atoms with Crippen molar-refractivity contribution >= 4 is 34.8 Å². The van der Waals surface area contributed by atoms with Gasteiger partial charge in [-0.2, -0.15) is 0 Å². The van der Waals surface area contributed by atoms with Gasteiger partial charge in [-0.1, -0.05) is 62.4 Å². The number of rotatable bonds is 11. The fraction of sp³-hybridized carbons (Fsp3) is 0.438. The van der Waals surface area contributed by atoms with Gasteiger partial charge in [0.15, 0.2) is 5.78 Å². The molecule has 0 aliphatic heterocycles. The van der Waals surface area contributed by atoms with Gasteiger partial charge >= 0.3 is 18.2 Å². The van der Waals surface area contributed by atoms with Gasteiger partial charge in [0, 0.05) is 18.0 Å². The van der Waals surface area contributed by atoms with E-state index >= 15 is 0 Å². The van der Waals surface area contributed by atoms with Crippen molar-refractivity contribution in [1.82, 2.24) is 9.88 Å². The third-order valence-corrected chi connectivity index (χ3v) is 6.43. The molecule has 220 valence electrons. The number of benzene rings is 2. The maximum atomic E-state index is 13.5. The van der Waals surface area contributed by atoms with E-state index in [1.165, 1.54) is 11.7 Å². The predicted molar refractivity (Wildman–Crippen MR) is 155 cm³/mol. The fourth-order valence-corrected chi connectivity index (χ4v) is 4.58. The van der Waals surface area contributed by atoms with Gasteiger partial charge in [-0.05, 0) is 56.7 Å². The lowest BCUT2D eigenvalue weighted by atomic mass is 9.89. The zero-order chi connectivity index (χ0) is 30.2. The zero-order valence-corrected chi connectivity index (χ0v) is 24.6. The molecule has 3 aromatic rings. The lowest BCUT2D eigenvalue weighted by Gasteiger charge is -2.22. The van der Waals surface area contributed by atoms with Crippen molar-refractivity contribution in [3.05, 3.63) is 71.9 Å². The average molecular weight is 565 g/mol. The summed E-state index contributed by atoms with van der Waals surface area (Å²) < 4.78 is 17.4. The molecular formula is C32H40N2O7. The minimum absolute atomic E-state index is 0.0712. The van der Waals surface area contributed by atoms with Crippen LogP contribution in [-0.4, -0.2) is 47.3 Å². The summed E-state index contributed by atoms with van der Waals surface area (Å²) in [7, 11) is 1.27. The first-order chi connectivity index (χ1) is 19.4. The van der Waals surface area contributed by atoms with Gasteiger partial charge in [-0.25, -0.2) is 9.59 Å². The van der Waals surface area contributed by atoms with Crippen molar-refractivity contribution in [2.75, 3.05) is 7.11 Å². The predicted octanol–water partition coefficient (Wildman–Crippen LogP) is 6.06. The zero-order valence-electron chi connectivity index (χ0n) is 24.6. The van der Waals surface area contributed by atoms with Crippen LogP contribution in [0.25, 0.3) is 10.9 Å². The van der Waals surface area contributed by atoms with Crippen LogP contribution < -0.4 is 5.32 Å². The number of ketones is 1. The number of Topliss-reactive ketones (excluding diaryl/α,β-unsaturated/α-hetero) is 1. The van der Waals surface area contributed by atoms with Gasteiger partial charge in [0.1, 0.15) is 12.2 Å². The van der Waals surface area contributed by atoms with Crippen LogP contribution in [0.3, 0.4) is 0 Å². The summed E-state index contributed by atoms with van der Waals surface area (Å²) in [4.78, 5) is 51.8. The van der Waals surface area contributed by atoms with E-state index in [1.807, 2.05) is 62.4 Å². The summed E-state index contributed by atoms with van der Waals surface area (Å²) in [5.74, 6) is -1.59. The van der Waals surface area contributed by atoms with E-state index < -0.39 is 35.7 Å². The summed E-state index contributed by atoms with van der Waals surface area (Å²) in [6.07, 6.45) is 0.773. The summed E-state index contributed by atoms with van der Waals surface area (Å²) in [5, 5.41) is 3.45. The maximum absolute atomic E-state index is 13.5. The van der Waals surface area contributed by atoms with Gasteiger partial charge in [-0.15, -0.1) is 0 Å². The number of carbonyl (C=O) groups excluding carboxylic acids is 4. The molecule has 1 amide bonds. The number of amides is 1. The Bertz CT molecular complexity index is 1360. The highest BCUT2D eigenvalue weighted by Crippen LogP contribution is 2.27. The van der Waals surface area contributed by atoms with E-state index in [0.29, 0.717) is 17.5 Å². The molecule has 0 aliphatic rings. The van der Waals surface area contributed by atoms with E-state index in [4.69, 9.17) is 14.2 Å². The minimum Gasteiger partial charge on any atom is -0.469 e. The normalized spacial score (nSPS) is 13.0. The lowest BCUT2D eigenvalue weighted by molar-refractivity contribution is -0.147. The number of ether oxygens (including phenoxy) is 3. The quantitative estimate of drug-likeness (QED) is 0.223. The molecule has 0 spiro atoms. The standard InChI is InChI=1S/C32H40N2O7/c1-21(2)16-26(33-30(37)40-20-22-12-8-7-9-13-22)28(35)18-23(29(36)39-6)17-24-19-34(31(38)41-32(3,4)5)27-15-11-10-14-25(24)27/h7-15,19,21,23,26H,16-18,20H2,1-6H3,(H,33,37)/t23-,26?/m1/s1. The molecule has 1 N–H and O–H groups in total. The average Bonchev–Trinajstić information content (AvgIpc) is 3.28. The number of methoxy groups -OCH3 is 1. The molecule has 3 rings (SSSR count). The molecule has 1 aromatic heterocycles. The Balaban J connectivity index is 1.79. The van der Waals surface area contributed by atoms with Gasteiger partial charge in [0.05, 0.1) is 24.6 Å². The Morgan fingerprint density at radius 1 is 0.951 bits per heavy atom. The second kappa shape index (κ2) is 14.0. The van der Waals surface area contributed by atoms with Gasteiger partial charge in [-0.3, -0.25) is 14.2 Å². The smallest absolute Gasteiger partial charge is 0.419 e. The van der Waals surface area contributed by atoms with Crippen LogP contribution in [0.4, 0.5) is 9.59 Å². The van der Waals surface area contributed by atoms with Crippen LogP contribution in [0.1, 0.15) is 58.6 Å². The Morgan fingerprint density at radius 2 is 1.61 bits per heavy atom. The first-order valence-electron chi connectivity index (χ1n) is 13.8. The minimum atomic E-state index is -0.839. The molecule has 0 saturated heterocycles. The molecule has 9 nitrogen and oxygen atoms in total. The number of nitrogens with zero attached hydrogens (tertiary/aromatic N) is 1. The van der Waals surface area contributed by atoms with Crippen molar-refractivity contribution in [2.45, 2.75) is 72.1 Å². The molecule has 9 heteroatoms. The number of hydrogen-bond acceptors (Lipinski definition) is 7. The second-order valence-corrected chi connectivity index (χ2v) is 11.5. The summed E-state index contributed by atoms with van der Waals surface area (Å²) in [5.41, 5.74) is 1.47. The number of carbonyl (C=O) groups is 4. The Labute approximate surface area is 241 Å². The van der Waals surface area contributed by atoms with E-state index in [0.717, 1.165) is 10.9 Å². The van der Waals surface area contributed by atoms with E-state index in [1.54, 1.807) is 33.0 Å². The van der Waals surface area contributed by atoms with Crippen LogP contribution >= 0.6 is 0 Å². The lowest BCUT2D eigenvalue weighted by Crippen LogP contribution is -2.43. The molecule has 0 saturated carbocycles. The van der Waals surface area contributed by atoms with Crippen LogP contribution in [-0.2, 0) is 36.8 Å². The first kappa shape index (κ1) is 31.4. The highest BCUT2D eigenvalue weighted by atomic mass is 16.6. The molecule has 0 radical (unpaired) electrons. The maximum Gasteiger partial charge on any atom is 0.419 e. The molecule has 0 bridgehead atoms. The number of hydrogen-bond donors (Lipinski definition) is 1. The summed E-state index contributed by atoms with van der Waals surface area (Å²) in [6, 6.07) is 15.7. The van der Waals surface area contributed by atoms with E-state index in [-0.39, 0.29) is 31.1 Å². The third kappa shape index (κ3) is 9.20. The molecule has 1 unspecified atom stereocenters. The number of alkyl carbamates (subject to hydrolysis) is 1. The van der Waals surface area contributed by atoms with Crippen LogP contribution in [0.2, 0.25) is 0 Å². The van der Waals surface area contributed by atoms with Gasteiger partial charge in [0.2, 0.25) is 0 Å². The Morgan fingerprint density at radius 3 is 2.24 bits per heavy atom. The van der Waals surface area contributed by atoms with Crippen LogP contribution in [0, 0.1) is 11.8 Å².